The van der Waals surface area contributed by atoms with Crippen molar-refractivity contribution in [2.75, 3.05) is 0 Å². The fourth-order valence-electron chi connectivity index (χ4n) is 7.72. The quantitative estimate of drug-likeness (QED) is 0.192. The largest absolute Gasteiger partial charge is 0.353 e. The van der Waals surface area contributed by atoms with E-state index in [1.54, 1.807) is 0 Å². The van der Waals surface area contributed by atoms with Crippen LogP contribution in [0.15, 0.2) is 164 Å². The van der Waals surface area contributed by atoms with Crippen molar-refractivity contribution in [3.63, 3.8) is 0 Å². The minimum atomic E-state index is 1.18. The molecule has 1 N–H and O–H groups in total. The van der Waals surface area contributed by atoms with Crippen molar-refractivity contribution in [1.82, 2.24) is 9.55 Å². The van der Waals surface area contributed by atoms with Crippen molar-refractivity contribution < 1.29 is 0 Å². The maximum atomic E-state index is 3.68. The molecule has 0 spiro atoms. The molecule has 4 heterocycles. The van der Waals surface area contributed by atoms with Crippen molar-refractivity contribution >= 4 is 85.1 Å². The van der Waals surface area contributed by atoms with Gasteiger partial charge in [-0.25, -0.2) is 0 Å². The molecule has 0 saturated carbocycles. The standard InChI is InChI=1S/C46H28N2S2/c1-2-8-28(9-3-1)29-18-22-34(23-19-29)48-40-25-21-33(27-38(40)46-44(48)36-11-5-7-13-42(36)50-46)31-16-14-30(15-17-31)32-20-24-39-37(26-32)45-43(47-39)35-10-4-6-12-41(35)49-45/h1-27,47H. The number of hydrogen-bond donors (Lipinski definition) is 1. The first-order valence-electron chi connectivity index (χ1n) is 16.9. The number of hydrogen-bond acceptors (Lipinski definition) is 2. The summed E-state index contributed by atoms with van der Waals surface area (Å²) in [4.78, 5) is 3.68. The van der Waals surface area contributed by atoms with E-state index in [9.17, 15) is 0 Å². The second-order valence-corrected chi connectivity index (χ2v) is 15.1. The van der Waals surface area contributed by atoms with E-state index in [0.29, 0.717) is 0 Å². The van der Waals surface area contributed by atoms with E-state index in [1.165, 1.54) is 101 Å². The fraction of sp³-hybridized carbons (Fsp3) is 0. The van der Waals surface area contributed by atoms with E-state index in [-0.39, 0.29) is 0 Å². The molecule has 0 fully saturated rings. The van der Waals surface area contributed by atoms with Gasteiger partial charge in [0.15, 0.2) is 0 Å². The van der Waals surface area contributed by atoms with Crippen LogP contribution in [-0.4, -0.2) is 9.55 Å². The number of aromatic amines is 1. The van der Waals surface area contributed by atoms with Crippen molar-refractivity contribution in [2.24, 2.45) is 0 Å². The number of nitrogens with zero attached hydrogens (tertiary/aromatic N) is 1. The summed E-state index contributed by atoms with van der Waals surface area (Å²) in [5.41, 5.74) is 13.5. The van der Waals surface area contributed by atoms with Crippen LogP contribution in [0.5, 0.6) is 0 Å². The number of thiophene rings is 2. The highest BCUT2D eigenvalue weighted by molar-refractivity contribution is 7.27. The number of benzene rings is 7. The predicted molar refractivity (Wildman–Crippen MR) is 217 cm³/mol. The van der Waals surface area contributed by atoms with Gasteiger partial charge in [-0.1, -0.05) is 115 Å². The molecule has 11 aromatic rings. The fourth-order valence-corrected chi connectivity index (χ4v) is 10.1. The van der Waals surface area contributed by atoms with E-state index >= 15 is 0 Å². The molecule has 0 aliphatic rings. The minimum absolute atomic E-state index is 1.18. The summed E-state index contributed by atoms with van der Waals surface area (Å²) < 4.78 is 7.76. The van der Waals surface area contributed by atoms with Crippen LogP contribution in [0.25, 0.3) is 101 Å². The zero-order chi connectivity index (χ0) is 32.8. The number of aromatic nitrogens is 2. The van der Waals surface area contributed by atoms with Gasteiger partial charge in [0.1, 0.15) is 0 Å². The third-order valence-corrected chi connectivity index (χ3v) is 12.6. The van der Waals surface area contributed by atoms with E-state index in [2.05, 4.69) is 173 Å². The highest BCUT2D eigenvalue weighted by atomic mass is 32.1. The van der Waals surface area contributed by atoms with Crippen molar-refractivity contribution in [3.8, 4) is 39.1 Å². The highest BCUT2D eigenvalue weighted by Crippen LogP contribution is 2.44. The lowest BCUT2D eigenvalue weighted by Gasteiger charge is -2.10. The first kappa shape index (κ1) is 28.0. The Morgan fingerprint density at radius 2 is 0.940 bits per heavy atom. The number of fused-ring (bicyclic) bond motifs is 10. The first-order valence-corrected chi connectivity index (χ1v) is 18.6. The Labute approximate surface area is 296 Å². The van der Waals surface area contributed by atoms with E-state index < -0.39 is 0 Å². The summed E-state index contributed by atoms with van der Waals surface area (Å²) >= 11 is 3.76. The monoisotopic (exact) mass is 672 g/mol. The van der Waals surface area contributed by atoms with Gasteiger partial charge in [-0.2, -0.15) is 0 Å². The lowest BCUT2D eigenvalue weighted by molar-refractivity contribution is 1.19. The molecule has 4 heteroatoms. The van der Waals surface area contributed by atoms with Crippen LogP contribution < -0.4 is 0 Å². The van der Waals surface area contributed by atoms with Gasteiger partial charge in [0.25, 0.3) is 0 Å². The molecule has 234 valence electrons. The van der Waals surface area contributed by atoms with E-state index in [0.717, 1.165) is 0 Å². The van der Waals surface area contributed by atoms with Crippen LogP contribution >= 0.6 is 22.7 Å². The molecule has 0 bridgehead atoms. The smallest absolute Gasteiger partial charge is 0.0727 e. The third kappa shape index (κ3) is 4.19. The molecule has 0 aliphatic carbocycles. The third-order valence-electron chi connectivity index (χ3n) is 10.2. The normalized spacial score (nSPS) is 12.0. The average molecular weight is 673 g/mol. The molecule has 7 aromatic carbocycles. The second kappa shape index (κ2) is 10.8. The molecule has 2 nitrogen and oxygen atoms in total. The number of H-pyrrole nitrogens is 1. The molecule has 11 rings (SSSR count). The van der Waals surface area contributed by atoms with Crippen LogP contribution in [0.4, 0.5) is 0 Å². The zero-order valence-corrected chi connectivity index (χ0v) is 28.5. The first-order chi connectivity index (χ1) is 24.8. The molecule has 0 atom stereocenters. The molecule has 4 aromatic heterocycles. The summed E-state index contributed by atoms with van der Waals surface area (Å²) in [7, 11) is 0. The Morgan fingerprint density at radius 1 is 0.400 bits per heavy atom. The van der Waals surface area contributed by atoms with Gasteiger partial charge in [0.05, 0.1) is 25.9 Å². The number of nitrogens with one attached hydrogen (secondary N) is 1. The molecular weight excluding hydrogens is 645 g/mol. The summed E-state index contributed by atoms with van der Waals surface area (Å²) in [6.45, 7) is 0. The van der Waals surface area contributed by atoms with Gasteiger partial charge >= 0.3 is 0 Å². The molecule has 50 heavy (non-hydrogen) atoms. The van der Waals surface area contributed by atoms with Gasteiger partial charge in [0, 0.05) is 42.1 Å². The summed E-state index contributed by atoms with van der Waals surface area (Å²) in [6.07, 6.45) is 0. The SMILES string of the molecule is c1ccc(-c2ccc(-n3c4ccc(-c5ccc(-c6ccc7[nH]c8c9ccccc9sc8c7c6)cc5)cc4c4sc5ccccc5c43)cc2)cc1. The van der Waals surface area contributed by atoms with Gasteiger partial charge in [-0.3, -0.25) is 0 Å². The lowest BCUT2D eigenvalue weighted by atomic mass is 9.99. The van der Waals surface area contributed by atoms with Crippen molar-refractivity contribution in [3.05, 3.63) is 164 Å². The maximum absolute atomic E-state index is 3.68. The summed E-state index contributed by atoms with van der Waals surface area (Å²) in [5.74, 6) is 0. The average Bonchev–Trinajstić information content (AvgIpc) is 3.92. The minimum Gasteiger partial charge on any atom is -0.353 e. The van der Waals surface area contributed by atoms with Crippen molar-refractivity contribution in [1.29, 1.82) is 0 Å². The van der Waals surface area contributed by atoms with Crippen molar-refractivity contribution in [2.45, 2.75) is 0 Å². The molecule has 0 aliphatic heterocycles. The highest BCUT2D eigenvalue weighted by Gasteiger charge is 2.19. The lowest BCUT2D eigenvalue weighted by Crippen LogP contribution is -1.94. The van der Waals surface area contributed by atoms with Crippen LogP contribution in [0.2, 0.25) is 0 Å². The topological polar surface area (TPSA) is 20.7 Å². The predicted octanol–water partition coefficient (Wildman–Crippen LogP) is 13.8. The molecular formula is C46H28N2S2. The molecule has 0 amide bonds. The van der Waals surface area contributed by atoms with Crippen LogP contribution in [-0.2, 0) is 0 Å². The Hall–Kier alpha value is -5.94. The second-order valence-electron chi connectivity index (χ2n) is 13.0. The van der Waals surface area contributed by atoms with Crippen LogP contribution in [0, 0.1) is 0 Å². The van der Waals surface area contributed by atoms with Gasteiger partial charge < -0.3 is 9.55 Å². The van der Waals surface area contributed by atoms with Gasteiger partial charge in [-0.05, 0) is 81.9 Å². The summed E-state index contributed by atoms with van der Waals surface area (Å²) in [5, 5.41) is 5.19. The summed E-state index contributed by atoms with van der Waals surface area (Å²) in [6, 6.07) is 59.9. The van der Waals surface area contributed by atoms with E-state index in [4.69, 9.17) is 0 Å². The molecule has 0 saturated heterocycles. The Balaban J connectivity index is 1.00. The Bertz CT molecular complexity index is 3060. The zero-order valence-electron chi connectivity index (χ0n) is 26.9. The molecule has 0 unspecified atom stereocenters. The molecule has 0 radical (unpaired) electrons. The van der Waals surface area contributed by atoms with E-state index in [1.807, 2.05) is 22.7 Å². The Kier molecular flexibility index (Phi) is 6.03. The Morgan fingerprint density at radius 3 is 1.70 bits per heavy atom. The van der Waals surface area contributed by atoms with Crippen LogP contribution in [0.1, 0.15) is 0 Å². The van der Waals surface area contributed by atoms with Gasteiger partial charge in [0.2, 0.25) is 0 Å². The van der Waals surface area contributed by atoms with Gasteiger partial charge in [-0.15, -0.1) is 22.7 Å². The van der Waals surface area contributed by atoms with Crippen LogP contribution in [0.3, 0.4) is 0 Å². The maximum Gasteiger partial charge on any atom is 0.0727 e. The number of rotatable bonds is 4.